The number of halogens is 1. The van der Waals surface area contributed by atoms with Crippen LogP contribution in [0.15, 0.2) is 71.7 Å². The van der Waals surface area contributed by atoms with Gasteiger partial charge >= 0.3 is 5.97 Å². The number of benzene rings is 2. The number of nitrogens with zero attached hydrogens (tertiary/aromatic N) is 3. The fourth-order valence-electron chi connectivity index (χ4n) is 8.33. The van der Waals surface area contributed by atoms with Crippen LogP contribution in [-0.2, 0) is 21.3 Å². The van der Waals surface area contributed by atoms with E-state index in [1.807, 2.05) is 49.8 Å². The topological polar surface area (TPSA) is 73.8 Å². The molecular weight excluding hydrogens is 630 g/mol. The summed E-state index contributed by atoms with van der Waals surface area (Å²) < 4.78 is 18.0. The average Bonchev–Trinajstić information content (AvgIpc) is 3.25. The molecule has 2 aromatic carbocycles. The second-order valence-electron chi connectivity index (χ2n) is 13.7. The Morgan fingerprint density at radius 2 is 2.00 bits per heavy atom. The molecule has 1 saturated carbocycles. The van der Waals surface area contributed by atoms with Crippen LogP contribution in [0.5, 0.6) is 5.75 Å². The van der Waals surface area contributed by atoms with Crippen LogP contribution >= 0.6 is 23.4 Å². The summed E-state index contributed by atoms with van der Waals surface area (Å²) in [6.07, 6.45) is 15.0. The number of aryl methyl sites for hydroxylation is 1. The summed E-state index contributed by atoms with van der Waals surface area (Å²) in [6, 6.07) is 14.0. The van der Waals surface area contributed by atoms with E-state index in [1.54, 1.807) is 11.8 Å². The van der Waals surface area contributed by atoms with Crippen LogP contribution in [-0.4, -0.2) is 61.7 Å². The Hall–Kier alpha value is -3.07. The summed E-state index contributed by atoms with van der Waals surface area (Å²) in [5, 5.41) is 1.64. The van der Waals surface area contributed by atoms with Gasteiger partial charge in [0.25, 0.3) is 0 Å². The Kier molecular flexibility index (Phi) is 9.81. The first-order chi connectivity index (χ1) is 23.0. The van der Waals surface area contributed by atoms with E-state index in [0.29, 0.717) is 29.9 Å². The van der Waals surface area contributed by atoms with E-state index in [-0.39, 0.29) is 17.5 Å². The molecule has 1 aromatic heterocycles. The van der Waals surface area contributed by atoms with Gasteiger partial charge in [0.2, 0.25) is 0 Å². The van der Waals surface area contributed by atoms with Gasteiger partial charge in [-0.2, -0.15) is 0 Å². The Morgan fingerprint density at radius 3 is 2.74 bits per heavy atom. The van der Waals surface area contributed by atoms with Crippen molar-refractivity contribution in [2.75, 3.05) is 44.6 Å². The zero-order chi connectivity index (χ0) is 32.4. The number of carbonyl (C=O) groups excluding carboxylic acids is 1. The van der Waals surface area contributed by atoms with E-state index in [4.69, 9.17) is 25.8 Å². The van der Waals surface area contributed by atoms with Gasteiger partial charge in [0.05, 0.1) is 31.1 Å². The zero-order valence-electron chi connectivity index (χ0n) is 27.3. The highest BCUT2D eigenvalue weighted by Gasteiger charge is 2.45. The first kappa shape index (κ1) is 32.5. The van der Waals surface area contributed by atoms with Gasteiger partial charge in [-0.25, -0.2) is 14.8 Å². The minimum atomic E-state index is -0.331. The molecule has 2 unspecified atom stereocenters. The van der Waals surface area contributed by atoms with E-state index in [2.05, 4.69) is 33.1 Å². The highest BCUT2D eigenvalue weighted by Crippen LogP contribution is 2.48. The van der Waals surface area contributed by atoms with Crippen LogP contribution in [0.3, 0.4) is 0 Å². The summed E-state index contributed by atoms with van der Waals surface area (Å²) in [5.74, 6) is 3.10. The molecule has 1 spiro atoms. The van der Waals surface area contributed by atoms with Crippen molar-refractivity contribution in [3.05, 3.63) is 88.2 Å². The summed E-state index contributed by atoms with van der Waals surface area (Å²) >= 11 is 8.21. The number of ether oxygens (including phenoxy) is 3. The third-order valence-corrected chi connectivity index (χ3v) is 12.3. The molecule has 7 nitrogen and oxygen atoms in total. The minimum absolute atomic E-state index is 0.135. The predicted molar refractivity (Wildman–Crippen MR) is 187 cm³/mol. The van der Waals surface area contributed by atoms with Gasteiger partial charge in [0.1, 0.15) is 5.75 Å². The molecule has 2 heterocycles. The third kappa shape index (κ3) is 6.79. The molecule has 7 rings (SSSR count). The van der Waals surface area contributed by atoms with E-state index < -0.39 is 0 Å². The maximum absolute atomic E-state index is 12.6. The molecule has 5 atom stereocenters. The number of esters is 1. The number of hydrogen-bond acceptors (Lipinski definition) is 8. The number of thioether (sulfide) groups is 1. The molecule has 0 N–H and O–H groups in total. The van der Waals surface area contributed by atoms with E-state index in [1.165, 1.54) is 30.2 Å². The van der Waals surface area contributed by atoms with Gasteiger partial charge in [0.15, 0.2) is 5.16 Å². The Balaban J connectivity index is 1.11. The van der Waals surface area contributed by atoms with Gasteiger partial charge in [-0.05, 0) is 122 Å². The molecule has 1 aliphatic heterocycles. The van der Waals surface area contributed by atoms with Gasteiger partial charge in [-0.15, -0.1) is 0 Å². The molecule has 0 radical (unpaired) electrons. The molecule has 9 heteroatoms. The van der Waals surface area contributed by atoms with Crippen molar-refractivity contribution in [3.8, 4) is 5.75 Å². The van der Waals surface area contributed by atoms with Crippen LogP contribution in [0.2, 0.25) is 5.02 Å². The lowest BCUT2D eigenvalue weighted by molar-refractivity contribution is 0.00323. The first-order valence-corrected chi connectivity index (χ1v) is 18.3. The first-order valence-electron chi connectivity index (χ1n) is 17.0. The van der Waals surface area contributed by atoms with Crippen LogP contribution in [0, 0.1) is 17.8 Å². The minimum Gasteiger partial charge on any atom is -0.490 e. The SMILES string of the molecule is COC(=O)c1ccc2c(c1)N(C[C@@H]1CC[C@H]1C(OC)C1=CC[C@H](CSc3ncccn3)CC1)CC1(CCCc3cc(Cl)ccc31)CO2. The quantitative estimate of drug-likeness (QED) is 0.0981. The van der Waals surface area contributed by atoms with Crippen molar-refractivity contribution >= 4 is 35.0 Å². The highest BCUT2D eigenvalue weighted by molar-refractivity contribution is 7.99. The van der Waals surface area contributed by atoms with Crippen molar-refractivity contribution in [2.24, 2.45) is 17.8 Å². The molecule has 3 aromatic rings. The van der Waals surface area contributed by atoms with Crippen LogP contribution in [0.1, 0.15) is 66.4 Å². The van der Waals surface area contributed by atoms with Crippen molar-refractivity contribution in [1.82, 2.24) is 9.97 Å². The molecule has 248 valence electrons. The van der Waals surface area contributed by atoms with E-state index >= 15 is 0 Å². The van der Waals surface area contributed by atoms with Gasteiger partial charge in [-0.3, -0.25) is 0 Å². The third-order valence-electron chi connectivity index (χ3n) is 10.9. The maximum atomic E-state index is 12.6. The fraction of sp³-hybridized carbons (Fsp3) is 0.500. The molecule has 4 aliphatic rings. The normalized spacial score (nSPS) is 25.8. The Labute approximate surface area is 287 Å². The molecule has 1 fully saturated rings. The summed E-state index contributed by atoms with van der Waals surface area (Å²) in [7, 11) is 3.32. The molecule has 3 aliphatic carbocycles. The lowest BCUT2D eigenvalue weighted by Gasteiger charge is -2.47. The number of allylic oxidation sites excluding steroid dienone is 1. The van der Waals surface area contributed by atoms with E-state index in [0.717, 1.165) is 85.4 Å². The largest absolute Gasteiger partial charge is 0.490 e. The van der Waals surface area contributed by atoms with Crippen LogP contribution < -0.4 is 9.64 Å². The smallest absolute Gasteiger partial charge is 0.337 e. The summed E-state index contributed by atoms with van der Waals surface area (Å²) in [5.41, 5.74) is 5.49. The molecule has 0 saturated heterocycles. The standard InChI is InChI=1S/C38H44ClN3O4S/c1-44-35(26-8-6-25(7-9-26)22-47-37-40-17-4-18-41-37)31-13-10-29(31)21-42-23-38(16-3-5-27-19-30(39)12-14-32(27)38)24-46-34-15-11-28(20-33(34)42)36(43)45-2/h4,8,11-12,14-15,17-20,25,29,31,35H,3,5-7,9-10,13,16,21-24H2,1-2H3/t25-,29-,31+,35?,38?/m0/s1. The van der Waals surface area contributed by atoms with Crippen molar-refractivity contribution in [2.45, 2.75) is 68.0 Å². The molecular formula is C38H44ClN3O4S. The molecule has 47 heavy (non-hydrogen) atoms. The number of anilines is 1. The van der Waals surface area contributed by atoms with Crippen molar-refractivity contribution < 1.29 is 19.0 Å². The number of fused-ring (bicyclic) bond motifs is 3. The monoisotopic (exact) mass is 673 g/mol. The van der Waals surface area contributed by atoms with Crippen molar-refractivity contribution in [3.63, 3.8) is 0 Å². The summed E-state index contributed by atoms with van der Waals surface area (Å²) in [6.45, 7) is 2.31. The second kappa shape index (κ2) is 14.2. The van der Waals surface area contributed by atoms with Gasteiger partial charge < -0.3 is 19.1 Å². The number of methoxy groups -OCH3 is 2. The van der Waals surface area contributed by atoms with E-state index in [9.17, 15) is 4.79 Å². The van der Waals surface area contributed by atoms with Crippen LogP contribution in [0.25, 0.3) is 0 Å². The number of carbonyl (C=O) groups is 1. The molecule has 0 bridgehead atoms. The lowest BCUT2D eigenvalue weighted by Crippen LogP contribution is -2.50. The zero-order valence-corrected chi connectivity index (χ0v) is 28.9. The Morgan fingerprint density at radius 1 is 1.13 bits per heavy atom. The predicted octanol–water partition coefficient (Wildman–Crippen LogP) is 7.95. The summed E-state index contributed by atoms with van der Waals surface area (Å²) in [4.78, 5) is 23.9. The highest BCUT2D eigenvalue weighted by atomic mass is 35.5. The average molecular weight is 674 g/mol. The number of aromatic nitrogens is 2. The van der Waals surface area contributed by atoms with Gasteiger partial charge in [-0.1, -0.05) is 35.5 Å². The second-order valence-corrected chi connectivity index (χ2v) is 15.1. The lowest BCUT2D eigenvalue weighted by atomic mass is 9.66. The van der Waals surface area contributed by atoms with Gasteiger partial charge in [0, 0.05) is 48.8 Å². The number of rotatable bonds is 9. The maximum Gasteiger partial charge on any atom is 0.337 e. The van der Waals surface area contributed by atoms with Crippen LogP contribution in [0.4, 0.5) is 5.69 Å². The number of hydrogen-bond donors (Lipinski definition) is 0. The molecule has 0 amide bonds. The Bertz CT molecular complexity index is 1620. The fourth-order valence-corrected chi connectivity index (χ4v) is 9.49. The van der Waals surface area contributed by atoms with Crippen molar-refractivity contribution in [1.29, 1.82) is 0 Å².